The Morgan fingerprint density at radius 2 is 2.14 bits per heavy atom. The third kappa shape index (κ3) is 3.54. The minimum atomic E-state index is 0.0138. The van der Waals surface area contributed by atoms with Crippen LogP contribution in [0.4, 0.5) is 0 Å². The molecule has 2 aromatic rings. The summed E-state index contributed by atoms with van der Waals surface area (Å²) in [7, 11) is 0. The standard InChI is InChI=1S/C17H20N2O2S/c1-2-14-3-4-16(22-14)17(20)19-15-11-21-10-13(15)9-12-5-7-18-8-6-12/h3-8,13,15H,2,9-11H2,1H3,(H,19,20)/t13-,15+/m1/s1. The molecular weight excluding hydrogens is 296 g/mol. The summed E-state index contributed by atoms with van der Waals surface area (Å²) in [4.78, 5) is 18.4. The van der Waals surface area contributed by atoms with Crippen LogP contribution in [0.5, 0.6) is 0 Å². The number of hydrogen-bond acceptors (Lipinski definition) is 4. The van der Waals surface area contributed by atoms with Gasteiger partial charge in [-0.3, -0.25) is 9.78 Å². The van der Waals surface area contributed by atoms with Crippen molar-refractivity contribution in [2.75, 3.05) is 13.2 Å². The number of carbonyl (C=O) groups is 1. The Bertz CT molecular complexity index is 627. The Balaban J connectivity index is 1.62. The molecule has 1 aliphatic heterocycles. The molecular formula is C17H20N2O2S. The van der Waals surface area contributed by atoms with Crippen molar-refractivity contribution in [3.63, 3.8) is 0 Å². The van der Waals surface area contributed by atoms with Crippen LogP contribution in [0.15, 0.2) is 36.7 Å². The number of amides is 1. The summed E-state index contributed by atoms with van der Waals surface area (Å²) in [6.07, 6.45) is 5.47. The highest BCUT2D eigenvalue weighted by Crippen LogP contribution is 2.21. The van der Waals surface area contributed by atoms with Crippen molar-refractivity contribution in [2.24, 2.45) is 5.92 Å². The number of aryl methyl sites for hydroxylation is 1. The molecule has 0 unspecified atom stereocenters. The first kappa shape index (κ1) is 15.2. The fraction of sp³-hybridized carbons (Fsp3) is 0.412. The van der Waals surface area contributed by atoms with Gasteiger partial charge in [0.25, 0.3) is 5.91 Å². The summed E-state index contributed by atoms with van der Waals surface area (Å²) in [5.41, 5.74) is 1.23. The van der Waals surface area contributed by atoms with Crippen LogP contribution in [0.2, 0.25) is 0 Å². The van der Waals surface area contributed by atoms with Crippen molar-refractivity contribution in [3.05, 3.63) is 52.0 Å². The normalized spacial score (nSPS) is 21.0. The first-order valence-electron chi connectivity index (χ1n) is 7.62. The van der Waals surface area contributed by atoms with Crippen LogP contribution in [-0.4, -0.2) is 30.1 Å². The third-order valence-electron chi connectivity index (χ3n) is 4.00. The zero-order valence-electron chi connectivity index (χ0n) is 12.6. The molecule has 1 fully saturated rings. The SMILES string of the molecule is CCc1ccc(C(=O)N[C@H]2COC[C@H]2Cc2ccncc2)s1. The number of rotatable bonds is 5. The van der Waals surface area contributed by atoms with Gasteiger partial charge in [-0.15, -0.1) is 11.3 Å². The predicted octanol–water partition coefficient (Wildman–Crippen LogP) is 2.69. The van der Waals surface area contributed by atoms with Crippen LogP contribution in [-0.2, 0) is 17.6 Å². The molecule has 1 N–H and O–H groups in total. The number of aromatic nitrogens is 1. The Kier molecular flexibility index (Phi) is 4.85. The van der Waals surface area contributed by atoms with E-state index in [1.807, 2.05) is 24.3 Å². The highest BCUT2D eigenvalue weighted by atomic mass is 32.1. The highest BCUT2D eigenvalue weighted by molar-refractivity contribution is 7.14. The van der Waals surface area contributed by atoms with E-state index in [1.54, 1.807) is 23.7 Å². The number of nitrogens with one attached hydrogen (secondary N) is 1. The molecule has 1 aliphatic rings. The van der Waals surface area contributed by atoms with Gasteiger partial charge in [0, 0.05) is 23.2 Å². The molecule has 0 bridgehead atoms. The fourth-order valence-electron chi connectivity index (χ4n) is 2.71. The van der Waals surface area contributed by atoms with Crippen LogP contribution in [0.3, 0.4) is 0 Å². The maximum atomic E-state index is 12.4. The quantitative estimate of drug-likeness (QED) is 0.923. The smallest absolute Gasteiger partial charge is 0.261 e. The van der Waals surface area contributed by atoms with Gasteiger partial charge in [-0.1, -0.05) is 6.92 Å². The Hall–Kier alpha value is -1.72. The average molecular weight is 316 g/mol. The predicted molar refractivity (Wildman–Crippen MR) is 87.2 cm³/mol. The molecule has 22 heavy (non-hydrogen) atoms. The summed E-state index contributed by atoms with van der Waals surface area (Å²) < 4.78 is 5.58. The lowest BCUT2D eigenvalue weighted by atomic mass is 9.95. The van der Waals surface area contributed by atoms with Crippen LogP contribution >= 0.6 is 11.3 Å². The molecule has 2 aromatic heterocycles. The lowest BCUT2D eigenvalue weighted by molar-refractivity contribution is 0.0929. The van der Waals surface area contributed by atoms with Crippen molar-refractivity contribution in [1.82, 2.24) is 10.3 Å². The zero-order chi connectivity index (χ0) is 15.4. The molecule has 4 nitrogen and oxygen atoms in total. The van der Waals surface area contributed by atoms with Gasteiger partial charge in [-0.2, -0.15) is 0 Å². The maximum absolute atomic E-state index is 12.4. The first-order valence-corrected chi connectivity index (χ1v) is 8.44. The number of thiophene rings is 1. The topological polar surface area (TPSA) is 51.2 Å². The van der Waals surface area contributed by atoms with E-state index in [0.29, 0.717) is 19.1 Å². The second kappa shape index (κ2) is 7.03. The van der Waals surface area contributed by atoms with Crippen molar-refractivity contribution < 1.29 is 9.53 Å². The first-order chi connectivity index (χ1) is 10.8. The van der Waals surface area contributed by atoms with Crippen LogP contribution in [0, 0.1) is 5.92 Å². The van der Waals surface area contributed by atoms with E-state index in [4.69, 9.17) is 4.74 Å². The van der Waals surface area contributed by atoms with Gasteiger partial charge in [0.15, 0.2) is 0 Å². The number of nitrogens with zero attached hydrogens (tertiary/aromatic N) is 1. The lowest BCUT2D eigenvalue weighted by Gasteiger charge is -2.18. The third-order valence-corrected chi connectivity index (χ3v) is 5.22. The van der Waals surface area contributed by atoms with Gasteiger partial charge in [-0.25, -0.2) is 0 Å². The molecule has 0 aliphatic carbocycles. The number of hydrogen-bond donors (Lipinski definition) is 1. The minimum absolute atomic E-state index is 0.0138. The lowest BCUT2D eigenvalue weighted by Crippen LogP contribution is -2.40. The number of carbonyl (C=O) groups excluding carboxylic acids is 1. The van der Waals surface area contributed by atoms with Crippen molar-refractivity contribution >= 4 is 17.2 Å². The molecule has 1 amide bonds. The maximum Gasteiger partial charge on any atom is 0.261 e. The molecule has 5 heteroatoms. The second-order valence-corrected chi connectivity index (χ2v) is 6.72. The van der Waals surface area contributed by atoms with E-state index in [9.17, 15) is 4.79 Å². The average Bonchev–Trinajstić information content (AvgIpc) is 3.18. The van der Waals surface area contributed by atoms with E-state index in [2.05, 4.69) is 17.2 Å². The Labute approximate surface area is 134 Å². The molecule has 116 valence electrons. The van der Waals surface area contributed by atoms with Gasteiger partial charge < -0.3 is 10.1 Å². The fourth-order valence-corrected chi connectivity index (χ4v) is 3.56. The number of pyridine rings is 1. The summed E-state index contributed by atoms with van der Waals surface area (Å²) in [6, 6.07) is 8.05. The number of ether oxygens (including phenoxy) is 1. The van der Waals surface area contributed by atoms with Gasteiger partial charge in [0.2, 0.25) is 0 Å². The van der Waals surface area contributed by atoms with E-state index >= 15 is 0 Å². The Morgan fingerprint density at radius 3 is 2.86 bits per heavy atom. The van der Waals surface area contributed by atoms with E-state index in [-0.39, 0.29) is 11.9 Å². The van der Waals surface area contributed by atoms with Gasteiger partial charge in [0.05, 0.1) is 24.1 Å². The summed E-state index contributed by atoms with van der Waals surface area (Å²) in [5, 5.41) is 3.13. The molecule has 3 heterocycles. The van der Waals surface area contributed by atoms with E-state index in [0.717, 1.165) is 17.7 Å². The second-order valence-electron chi connectivity index (χ2n) is 5.56. The molecule has 3 rings (SSSR count). The van der Waals surface area contributed by atoms with Crippen molar-refractivity contribution in [1.29, 1.82) is 0 Å². The molecule has 0 saturated carbocycles. The molecule has 1 saturated heterocycles. The van der Waals surface area contributed by atoms with Crippen molar-refractivity contribution in [2.45, 2.75) is 25.8 Å². The summed E-state index contributed by atoms with van der Waals surface area (Å²) in [6.45, 7) is 3.38. The Morgan fingerprint density at radius 1 is 1.32 bits per heavy atom. The molecule has 0 radical (unpaired) electrons. The van der Waals surface area contributed by atoms with Crippen LogP contribution in [0.1, 0.15) is 27.0 Å². The van der Waals surface area contributed by atoms with Crippen LogP contribution < -0.4 is 5.32 Å². The van der Waals surface area contributed by atoms with Crippen LogP contribution in [0.25, 0.3) is 0 Å². The van der Waals surface area contributed by atoms with Gasteiger partial charge in [-0.05, 0) is 42.7 Å². The highest BCUT2D eigenvalue weighted by Gasteiger charge is 2.30. The summed E-state index contributed by atoms with van der Waals surface area (Å²) >= 11 is 1.57. The van der Waals surface area contributed by atoms with Crippen molar-refractivity contribution in [3.8, 4) is 0 Å². The zero-order valence-corrected chi connectivity index (χ0v) is 13.4. The van der Waals surface area contributed by atoms with E-state index < -0.39 is 0 Å². The monoisotopic (exact) mass is 316 g/mol. The minimum Gasteiger partial charge on any atom is -0.379 e. The molecule has 0 aromatic carbocycles. The largest absolute Gasteiger partial charge is 0.379 e. The van der Waals surface area contributed by atoms with E-state index in [1.165, 1.54) is 10.4 Å². The van der Waals surface area contributed by atoms with Gasteiger partial charge >= 0.3 is 0 Å². The molecule has 0 spiro atoms. The molecule has 2 atom stereocenters. The van der Waals surface area contributed by atoms with Gasteiger partial charge in [0.1, 0.15) is 0 Å². The summed E-state index contributed by atoms with van der Waals surface area (Å²) in [5.74, 6) is 0.330.